The Balaban J connectivity index is 2.29. The van der Waals surface area contributed by atoms with Gasteiger partial charge in [-0.15, -0.1) is 11.3 Å². The number of thiophene rings is 1. The molecule has 0 bridgehead atoms. The van der Waals surface area contributed by atoms with Crippen LogP contribution in [0.3, 0.4) is 0 Å². The van der Waals surface area contributed by atoms with Crippen molar-refractivity contribution in [3.8, 4) is 5.75 Å². The van der Waals surface area contributed by atoms with Crippen LogP contribution >= 0.6 is 11.3 Å². The largest absolute Gasteiger partial charge is 0.497 e. The standard InChI is InChI=1S/C17H22N2O4S2/c1-12(2)11-18-17(20)16-15(9-10-24-16)19(3)25(21,22)14-7-5-13(23-4)6-8-14/h5-10,12H,11H2,1-4H3,(H,18,20). The second-order valence-corrected chi connectivity index (χ2v) is 8.77. The molecular weight excluding hydrogens is 360 g/mol. The number of benzene rings is 1. The molecule has 1 N–H and O–H groups in total. The van der Waals surface area contributed by atoms with E-state index < -0.39 is 10.0 Å². The molecule has 1 aromatic heterocycles. The number of carbonyl (C=O) groups is 1. The molecule has 25 heavy (non-hydrogen) atoms. The summed E-state index contributed by atoms with van der Waals surface area (Å²) in [4.78, 5) is 12.9. The van der Waals surface area contributed by atoms with E-state index in [1.165, 1.54) is 37.6 Å². The maximum atomic E-state index is 12.8. The van der Waals surface area contributed by atoms with Crippen LogP contribution in [0.1, 0.15) is 23.5 Å². The molecule has 0 saturated carbocycles. The Labute approximate surface area is 152 Å². The van der Waals surface area contributed by atoms with E-state index in [4.69, 9.17) is 4.74 Å². The third-order valence-corrected chi connectivity index (χ3v) is 6.27. The minimum Gasteiger partial charge on any atom is -0.497 e. The molecule has 2 rings (SSSR count). The number of hydrogen-bond acceptors (Lipinski definition) is 5. The van der Waals surface area contributed by atoms with Gasteiger partial charge in [0.2, 0.25) is 0 Å². The molecule has 0 atom stereocenters. The van der Waals surface area contributed by atoms with Crippen molar-refractivity contribution < 1.29 is 17.9 Å². The van der Waals surface area contributed by atoms with Gasteiger partial charge in [-0.05, 0) is 41.6 Å². The van der Waals surface area contributed by atoms with E-state index >= 15 is 0 Å². The van der Waals surface area contributed by atoms with E-state index in [2.05, 4.69) is 5.32 Å². The number of sulfonamides is 1. The predicted octanol–water partition coefficient (Wildman–Crippen LogP) is 2.97. The molecule has 6 nitrogen and oxygen atoms in total. The Hall–Kier alpha value is -2.06. The number of nitrogens with one attached hydrogen (secondary N) is 1. The highest BCUT2D eigenvalue weighted by molar-refractivity contribution is 7.92. The van der Waals surface area contributed by atoms with Gasteiger partial charge in [0.1, 0.15) is 10.6 Å². The highest BCUT2D eigenvalue weighted by Gasteiger charge is 2.26. The van der Waals surface area contributed by atoms with Crippen LogP contribution in [0.25, 0.3) is 0 Å². The zero-order valence-corrected chi connectivity index (χ0v) is 16.3. The van der Waals surface area contributed by atoms with Crippen molar-refractivity contribution in [1.82, 2.24) is 5.32 Å². The SMILES string of the molecule is COc1ccc(S(=O)(=O)N(C)c2ccsc2C(=O)NCC(C)C)cc1. The summed E-state index contributed by atoms with van der Waals surface area (Å²) in [5.74, 6) is 0.620. The van der Waals surface area contributed by atoms with E-state index in [0.29, 0.717) is 28.8 Å². The average molecular weight is 383 g/mol. The normalized spacial score (nSPS) is 11.4. The molecule has 8 heteroatoms. The Morgan fingerprint density at radius 1 is 1.24 bits per heavy atom. The fraction of sp³-hybridized carbons (Fsp3) is 0.353. The summed E-state index contributed by atoms with van der Waals surface area (Å²) in [6.45, 7) is 4.52. The maximum Gasteiger partial charge on any atom is 0.264 e. The number of methoxy groups -OCH3 is 1. The number of anilines is 1. The van der Waals surface area contributed by atoms with Crippen LogP contribution in [0.4, 0.5) is 5.69 Å². The van der Waals surface area contributed by atoms with E-state index in [0.717, 1.165) is 4.31 Å². The minimum absolute atomic E-state index is 0.135. The summed E-state index contributed by atoms with van der Waals surface area (Å²) in [7, 11) is -0.808. The van der Waals surface area contributed by atoms with Gasteiger partial charge in [-0.1, -0.05) is 13.8 Å². The zero-order valence-electron chi connectivity index (χ0n) is 14.6. The molecule has 1 amide bonds. The summed E-state index contributed by atoms with van der Waals surface area (Å²) < 4.78 is 31.8. The fourth-order valence-corrected chi connectivity index (χ4v) is 4.24. The minimum atomic E-state index is -3.77. The molecule has 0 saturated heterocycles. The first-order chi connectivity index (χ1) is 11.8. The fourth-order valence-electron chi connectivity index (χ4n) is 2.13. The van der Waals surface area contributed by atoms with Crippen molar-refractivity contribution in [2.45, 2.75) is 18.7 Å². The van der Waals surface area contributed by atoms with Crippen LogP contribution in [0, 0.1) is 5.92 Å². The van der Waals surface area contributed by atoms with E-state index in [-0.39, 0.29) is 10.8 Å². The third kappa shape index (κ3) is 4.32. The number of nitrogens with zero attached hydrogens (tertiary/aromatic N) is 1. The topological polar surface area (TPSA) is 75.7 Å². The number of amides is 1. The van der Waals surface area contributed by atoms with Crippen LogP contribution in [0.2, 0.25) is 0 Å². The van der Waals surface area contributed by atoms with Crippen molar-refractivity contribution >= 4 is 33.0 Å². The van der Waals surface area contributed by atoms with Crippen LogP contribution in [0.15, 0.2) is 40.6 Å². The molecular formula is C17H22N2O4S2. The Morgan fingerprint density at radius 3 is 2.44 bits per heavy atom. The summed E-state index contributed by atoms with van der Waals surface area (Å²) in [6.07, 6.45) is 0. The molecule has 0 aliphatic rings. The lowest BCUT2D eigenvalue weighted by Gasteiger charge is -2.20. The second-order valence-electron chi connectivity index (χ2n) is 5.89. The average Bonchev–Trinajstić information content (AvgIpc) is 3.08. The van der Waals surface area contributed by atoms with Crippen LogP contribution in [-0.4, -0.2) is 35.0 Å². The Kier molecular flexibility index (Phi) is 6.07. The third-order valence-electron chi connectivity index (χ3n) is 3.58. The van der Waals surface area contributed by atoms with Gasteiger partial charge in [-0.2, -0.15) is 0 Å². The summed E-state index contributed by atoms with van der Waals surface area (Å²) in [6, 6.07) is 7.77. The van der Waals surface area contributed by atoms with Crippen molar-refractivity contribution in [2.75, 3.05) is 25.0 Å². The van der Waals surface area contributed by atoms with E-state index in [1.807, 2.05) is 13.8 Å². The summed E-state index contributed by atoms with van der Waals surface area (Å²) >= 11 is 1.22. The van der Waals surface area contributed by atoms with Crippen LogP contribution in [0.5, 0.6) is 5.75 Å². The monoisotopic (exact) mass is 382 g/mol. The molecule has 0 aliphatic carbocycles. The molecule has 1 aromatic carbocycles. The molecule has 2 aromatic rings. The molecule has 0 fully saturated rings. The van der Waals surface area contributed by atoms with Gasteiger partial charge in [-0.25, -0.2) is 8.42 Å². The zero-order chi connectivity index (χ0) is 18.6. The highest BCUT2D eigenvalue weighted by Crippen LogP contribution is 2.30. The van der Waals surface area contributed by atoms with Gasteiger partial charge in [0.15, 0.2) is 0 Å². The van der Waals surface area contributed by atoms with Gasteiger partial charge >= 0.3 is 0 Å². The van der Waals surface area contributed by atoms with E-state index in [1.54, 1.807) is 23.6 Å². The first-order valence-electron chi connectivity index (χ1n) is 7.76. The number of ether oxygens (including phenoxy) is 1. The quantitative estimate of drug-likeness (QED) is 0.799. The molecule has 0 aliphatic heterocycles. The van der Waals surface area contributed by atoms with Crippen LogP contribution < -0.4 is 14.4 Å². The highest BCUT2D eigenvalue weighted by atomic mass is 32.2. The summed E-state index contributed by atoms with van der Waals surface area (Å²) in [5.41, 5.74) is 0.363. The lowest BCUT2D eigenvalue weighted by atomic mass is 10.2. The smallest absolute Gasteiger partial charge is 0.264 e. The Bertz CT molecular complexity index is 827. The molecule has 136 valence electrons. The first-order valence-corrected chi connectivity index (χ1v) is 10.1. The molecule has 0 radical (unpaired) electrons. The van der Waals surface area contributed by atoms with E-state index in [9.17, 15) is 13.2 Å². The number of hydrogen-bond donors (Lipinski definition) is 1. The van der Waals surface area contributed by atoms with Crippen molar-refractivity contribution in [1.29, 1.82) is 0 Å². The second kappa shape index (κ2) is 7.88. The maximum absolute atomic E-state index is 12.8. The summed E-state index contributed by atoms with van der Waals surface area (Å²) in [5, 5.41) is 4.53. The number of carbonyl (C=O) groups excluding carboxylic acids is 1. The van der Waals surface area contributed by atoms with Gasteiger partial charge in [-0.3, -0.25) is 9.10 Å². The molecule has 0 spiro atoms. The van der Waals surface area contributed by atoms with Crippen molar-refractivity contribution in [3.05, 3.63) is 40.6 Å². The first kappa shape index (κ1) is 19.3. The molecule has 0 unspecified atom stereocenters. The van der Waals surface area contributed by atoms with Crippen molar-refractivity contribution in [2.24, 2.45) is 5.92 Å². The molecule has 1 heterocycles. The van der Waals surface area contributed by atoms with Gasteiger partial charge in [0, 0.05) is 13.6 Å². The van der Waals surface area contributed by atoms with Gasteiger partial charge in [0.25, 0.3) is 15.9 Å². The lowest BCUT2D eigenvalue weighted by molar-refractivity contribution is 0.0953. The van der Waals surface area contributed by atoms with Gasteiger partial charge < -0.3 is 10.1 Å². The Morgan fingerprint density at radius 2 is 1.88 bits per heavy atom. The van der Waals surface area contributed by atoms with Gasteiger partial charge in [0.05, 0.1) is 17.7 Å². The lowest BCUT2D eigenvalue weighted by Crippen LogP contribution is -2.31. The predicted molar refractivity (Wildman–Crippen MR) is 100 cm³/mol. The van der Waals surface area contributed by atoms with Crippen LogP contribution in [-0.2, 0) is 10.0 Å². The van der Waals surface area contributed by atoms with Crippen molar-refractivity contribution in [3.63, 3.8) is 0 Å². The number of rotatable bonds is 7.